The van der Waals surface area contributed by atoms with Crippen LogP contribution in [0.15, 0.2) is 34.6 Å². The Kier molecular flexibility index (Phi) is 7.03. The maximum atomic E-state index is 11.2. The Hall–Kier alpha value is -2.83. The molecule has 166 valence electrons. The second-order valence-electron chi connectivity index (χ2n) is 7.29. The minimum Gasteiger partial charge on any atom is -0.424 e. The SMILES string of the molecule is CCN(CC[N+](C)(C)C1COC(=O)O1)c1ccc(N=Nc2ncc([N+](=O)[O-])s2)c(Cl)c1. The molecule has 31 heavy (non-hydrogen) atoms. The van der Waals surface area contributed by atoms with E-state index in [0.717, 1.165) is 36.3 Å². The molecule has 1 aliphatic rings. The van der Waals surface area contributed by atoms with Gasteiger partial charge in [0.15, 0.2) is 6.61 Å². The van der Waals surface area contributed by atoms with Gasteiger partial charge in [0.05, 0.1) is 37.1 Å². The molecule has 0 bridgehead atoms. The van der Waals surface area contributed by atoms with Crippen LogP contribution in [0, 0.1) is 10.1 Å². The summed E-state index contributed by atoms with van der Waals surface area (Å²) in [6.07, 6.45) is 0.174. The Balaban J connectivity index is 1.66. The van der Waals surface area contributed by atoms with Crippen molar-refractivity contribution in [3.63, 3.8) is 0 Å². The Morgan fingerprint density at radius 3 is 2.77 bits per heavy atom. The number of aromatic nitrogens is 1. The average molecular weight is 470 g/mol. The van der Waals surface area contributed by atoms with Crippen LogP contribution >= 0.6 is 22.9 Å². The lowest BCUT2D eigenvalue weighted by atomic mass is 10.2. The molecule has 0 radical (unpaired) electrons. The number of thiazole rings is 1. The van der Waals surface area contributed by atoms with Crippen molar-refractivity contribution in [1.82, 2.24) is 4.98 Å². The molecular weight excluding hydrogens is 448 g/mol. The third-order valence-corrected chi connectivity index (χ3v) is 6.02. The van der Waals surface area contributed by atoms with E-state index in [1.807, 2.05) is 27.1 Å². The number of quaternary nitrogens is 1. The molecule has 1 fully saturated rings. The van der Waals surface area contributed by atoms with Crippen LogP contribution in [0.2, 0.25) is 5.02 Å². The van der Waals surface area contributed by atoms with Crippen LogP contribution in [0.3, 0.4) is 0 Å². The van der Waals surface area contributed by atoms with E-state index in [4.69, 9.17) is 21.1 Å². The van der Waals surface area contributed by atoms with Crippen molar-refractivity contribution in [2.24, 2.45) is 10.2 Å². The smallest absolute Gasteiger partial charge is 0.424 e. The number of ether oxygens (including phenoxy) is 2. The minimum atomic E-state index is -0.632. The number of carbonyl (C=O) groups excluding carboxylic acids is 1. The van der Waals surface area contributed by atoms with Gasteiger partial charge < -0.3 is 14.4 Å². The average Bonchev–Trinajstić information content (AvgIpc) is 3.37. The molecule has 1 aromatic heterocycles. The molecule has 2 aromatic rings. The largest absolute Gasteiger partial charge is 0.513 e. The van der Waals surface area contributed by atoms with Crippen molar-refractivity contribution < 1.29 is 23.7 Å². The van der Waals surface area contributed by atoms with Gasteiger partial charge in [-0.15, -0.1) is 10.2 Å². The van der Waals surface area contributed by atoms with Gasteiger partial charge in [0.1, 0.15) is 11.9 Å². The Morgan fingerprint density at radius 1 is 1.42 bits per heavy atom. The normalized spacial score (nSPS) is 16.4. The van der Waals surface area contributed by atoms with E-state index in [9.17, 15) is 14.9 Å². The molecule has 1 unspecified atom stereocenters. The van der Waals surface area contributed by atoms with Crippen molar-refractivity contribution in [2.75, 3.05) is 45.2 Å². The summed E-state index contributed by atoms with van der Waals surface area (Å²) >= 11 is 7.21. The van der Waals surface area contributed by atoms with Gasteiger partial charge in [0.2, 0.25) is 5.13 Å². The lowest BCUT2D eigenvalue weighted by Crippen LogP contribution is -2.53. The predicted octanol–water partition coefficient (Wildman–Crippen LogP) is 4.52. The Bertz CT molecular complexity index is 998. The summed E-state index contributed by atoms with van der Waals surface area (Å²) in [5.41, 5.74) is 1.35. The van der Waals surface area contributed by atoms with Gasteiger partial charge >= 0.3 is 11.2 Å². The zero-order chi connectivity index (χ0) is 22.6. The van der Waals surface area contributed by atoms with E-state index < -0.39 is 11.1 Å². The van der Waals surface area contributed by atoms with Gasteiger partial charge in [-0.1, -0.05) is 11.6 Å². The first-order chi connectivity index (χ1) is 14.7. The van der Waals surface area contributed by atoms with Crippen LogP contribution in [0.25, 0.3) is 0 Å². The molecule has 1 atom stereocenters. The van der Waals surface area contributed by atoms with Crippen molar-refractivity contribution in [3.05, 3.63) is 39.5 Å². The molecule has 0 N–H and O–H groups in total. The summed E-state index contributed by atoms with van der Waals surface area (Å²) in [5.74, 6) is 0. The fourth-order valence-electron chi connectivity index (χ4n) is 2.91. The molecule has 11 nitrogen and oxygen atoms in total. The standard InChI is InChI=1S/C18H22ClN6O5S/c1-4-23(7-8-25(2,3)16-11-29-18(26)30-16)12-5-6-14(13(19)9-12)21-22-17-20-10-15(31-17)24(27)28/h5-6,9-10,16H,4,7-8,11H2,1-3H3/q+1. The van der Waals surface area contributed by atoms with Crippen LogP contribution in [0.4, 0.5) is 26.3 Å². The molecule has 1 aliphatic heterocycles. The predicted molar refractivity (Wildman–Crippen MR) is 115 cm³/mol. The lowest BCUT2D eigenvalue weighted by molar-refractivity contribution is -0.930. The molecule has 0 aliphatic carbocycles. The number of hydrogen-bond donors (Lipinski definition) is 0. The number of hydrogen-bond acceptors (Lipinski definition) is 10. The van der Waals surface area contributed by atoms with E-state index in [1.165, 1.54) is 0 Å². The highest BCUT2D eigenvalue weighted by molar-refractivity contribution is 7.18. The second-order valence-corrected chi connectivity index (χ2v) is 8.68. The number of benzene rings is 1. The van der Waals surface area contributed by atoms with E-state index in [0.29, 0.717) is 21.7 Å². The van der Waals surface area contributed by atoms with Gasteiger partial charge in [0.25, 0.3) is 6.23 Å². The fourth-order valence-corrected chi connectivity index (χ4v) is 3.68. The maximum absolute atomic E-state index is 11.2. The minimum absolute atomic E-state index is 0.103. The number of nitro groups is 1. The van der Waals surface area contributed by atoms with Crippen molar-refractivity contribution in [2.45, 2.75) is 13.2 Å². The maximum Gasteiger partial charge on any atom is 0.513 e. The molecule has 0 spiro atoms. The molecular formula is C18H22ClN6O5S+. The van der Waals surface area contributed by atoms with Crippen LogP contribution in [-0.4, -0.2) is 67.1 Å². The summed E-state index contributed by atoms with van der Waals surface area (Å²) in [5, 5.41) is 19.2. The van der Waals surface area contributed by atoms with Crippen LogP contribution in [-0.2, 0) is 9.47 Å². The van der Waals surface area contributed by atoms with Crippen LogP contribution < -0.4 is 4.90 Å². The summed E-state index contributed by atoms with van der Waals surface area (Å²) in [6, 6.07) is 5.41. The Labute approximate surface area is 187 Å². The summed E-state index contributed by atoms with van der Waals surface area (Å²) in [6.45, 7) is 4.46. The molecule has 13 heteroatoms. The molecule has 2 heterocycles. The van der Waals surface area contributed by atoms with E-state index in [-0.39, 0.29) is 23.0 Å². The quantitative estimate of drug-likeness (QED) is 0.174. The van der Waals surface area contributed by atoms with Crippen LogP contribution in [0.1, 0.15) is 6.92 Å². The van der Waals surface area contributed by atoms with Gasteiger partial charge in [-0.05, 0) is 36.5 Å². The lowest BCUT2D eigenvalue weighted by Gasteiger charge is -2.35. The number of likely N-dealkylation sites (N-methyl/N-ethyl adjacent to an activating group) is 2. The molecule has 1 saturated heterocycles. The number of cyclic esters (lactones) is 2. The number of azo groups is 1. The molecule has 3 rings (SSSR count). The van der Waals surface area contributed by atoms with Gasteiger partial charge in [-0.2, -0.15) is 0 Å². The zero-order valence-electron chi connectivity index (χ0n) is 17.2. The highest BCUT2D eigenvalue weighted by Crippen LogP contribution is 2.33. The second kappa shape index (κ2) is 9.54. The topological polar surface area (TPSA) is 120 Å². The summed E-state index contributed by atoms with van der Waals surface area (Å²) in [7, 11) is 3.97. The van der Waals surface area contributed by atoms with E-state index >= 15 is 0 Å². The molecule has 0 amide bonds. The zero-order valence-corrected chi connectivity index (χ0v) is 18.8. The number of carbonyl (C=O) groups is 1. The summed E-state index contributed by atoms with van der Waals surface area (Å²) < 4.78 is 10.6. The van der Waals surface area contributed by atoms with Gasteiger partial charge in [0, 0.05) is 12.2 Å². The highest BCUT2D eigenvalue weighted by atomic mass is 35.5. The monoisotopic (exact) mass is 469 g/mol. The van der Waals surface area contributed by atoms with Crippen molar-refractivity contribution in [1.29, 1.82) is 0 Å². The fraction of sp³-hybridized carbons (Fsp3) is 0.444. The first-order valence-electron chi connectivity index (χ1n) is 9.42. The first-order valence-corrected chi connectivity index (χ1v) is 10.6. The van der Waals surface area contributed by atoms with Gasteiger partial charge in [-0.25, -0.2) is 9.78 Å². The Morgan fingerprint density at radius 2 is 2.19 bits per heavy atom. The summed E-state index contributed by atoms with van der Waals surface area (Å²) in [4.78, 5) is 27.4. The van der Waals surface area contributed by atoms with Crippen molar-refractivity contribution >= 4 is 50.6 Å². The third-order valence-electron chi connectivity index (χ3n) is 4.88. The van der Waals surface area contributed by atoms with Gasteiger partial charge in [-0.3, -0.25) is 14.6 Å². The number of halogens is 1. The van der Waals surface area contributed by atoms with E-state index in [2.05, 4.69) is 20.1 Å². The highest BCUT2D eigenvalue weighted by Gasteiger charge is 2.38. The van der Waals surface area contributed by atoms with Crippen LogP contribution in [0.5, 0.6) is 0 Å². The number of rotatable bonds is 9. The third kappa shape index (κ3) is 5.66. The van der Waals surface area contributed by atoms with E-state index in [1.54, 1.807) is 12.1 Å². The number of anilines is 1. The number of nitrogens with zero attached hydrogens (tertiary/aromatic N) is 6. The molecule has 0 saturated carbocycles. The first kappa shape index (κ1) is 22.8. The van der Waals surface area contributed by atoms with Crippen molar-refractivity contribution in [3.8, 4) is 0 Å². The molecule has 1 aromatic carbocycles.